The highest BCUT2D eigenvalue weighted by Crippen LogP contribution is 2.35. The van der Waals surface area contributed by atoms with Crippen molar-refractivity contribution < 1.29 is 5.11 Å². The van der Waals surface area contributed by atoms with E-state index in [2.05, 4.69) is 9.97 Å². The summed E-state index contributed by atoms with van der Waals surface area (Å²) in [5.74, 6) is 0.204. The molecule has 0 aliphatic rings. The molecule has 2 aromatic carbocycles. The molecule has 0 aliphatic carbocycles. The van der Waals surface area contributed by atoms with Gasteiger partial charge in [0.15, 0.2) is 0 Å². The van der Waals surface area contributed by atoms with Crippen LogP contribution in [0.1, 0.15) is 5.56 Å². The van der Waals surface area contributed by atoms with E-state index in [1.54, 1.807) is 28.9 Å². The highest BCUT2D eigenvalue weighted by atomic mass is 16.3. The molecular weight excluding hydrogens is 290 g/mol. The summed E-state index contributed by atoms with van der Waals surface area (Å²) in [4.78, 5) is 21.7. The molecule has 0 fully saturated rings. The Labute approximate surface area is 129 Å². The summed E-state index contributed by atoms with van der Waals surface area (Å²) >= 11 is 0. The number of nitrogens with zero attached hydrogens (tertiary/aromatic N) is 3. The molecule has 0 aliphatic heterocycles. The number of rotatable bonds is 0. The van der Waals surface area contributed by atoms with Crippen LogP contribution in [0.3, 0.4) is 0 Å². The molecule has 3 heterocycles. The lowest BCUT2D eigenvalue weighted by Crippen LogP contribution is -2.13. The zero-order valence-electron chi connectivity index (χ0n) is 12.2. The molecule has 5 rings (SSSR count). The first-order valence-electron chi connectivity index (χ1n) is 7.29. The fourth-order valence-corrected chi connectivity index (χ4v) is 3.40. The third-order valence-electron chi connectivity index (χ3n) is 4.53. The summed E-state index contributed by atoms with van der Waals surface area (Å²) < 4.78 is 1.58. The first kappa shape index (κ1) is 12.3. The van der Waals surface area contributed by atoms with Gasteiger partial charge >= 0.3 is 0 Å². The second-order valence-electron chi connectivity index (χ2n) is 5.74. The van der Waals surface area contributed by atoms with Crippen LogP contribution in [0.2, 0.25) is 0 Å². The second-order valence-corrected chi connectivity index (χ2v) is 5.74. The van der Waals surface area contributed by atoms with E-state index in [0.717, 1.165) is 21.7 Å². The normalized spacial score (nSPS) is 12.0. The Balaban J connectivity index is 2.25. The molecule has 0 saturated heterocycles. The monoisotopic (exact) mass is 301 g/mol. The lowest BCUT2D eigenvalue weighted by molar-refractivity contribution is 0.473. The molecule has 0 bridgehead atoms. The van der Waals surface area contributed by atoms with E-state index in [0.29, 0.717) is 22.1 Å². The molecule has 0 radical (unpaired) electrons. The van der Waals surface area contributed by atoms with Gasteiger partial charge in [-0.15, -0.1) is 0 Å². The number of pyridine rings is 2. The molecular formula is C18H11N3O2. The lowest BCUT2D eigenvalue weighted by atomic mass is 9.98. The van der Waals surface area contributed by atoms with Crippen LogP contribution in [0.5, 0.6) is 5.75 Å². The van der Waals surface area contributed by atoms with Gasteiger partial charge in [-0.25, -0.2) is 4.98 Å². The summed E-state index contributed by atoms with van der Waals surface area (Å²) in [7, 11) is 0. The maximum atomic E-state index is 13.0. The van der Waals surface area contributed by atoms with Crippen molar-refractivity contribution in [2.24, 2.45) is 0 Å². The predicted octanol–water partition coefficient (Wildman–Crippen LogP) is 3.00. The summed E-state index contributed by atoms with van der Waals surface area (Å²) in [6.45, 7) is 1.85. The Hall–Kier alpha value is -3.21. The molecule has 0 atom stereocenters. The van der Waals surface area contributed by atoms with Crippen LogP contribution in [-0.4, -0.2) is 19.5 Å². The lowest BCUT2D eigenvalue weighted by Gasteiger charge is -2.10. The van der Waals surface area contributed by atoms with Gasteiger partial charge in [-0.3, -0.25) is 14.2 Å². The van der Waals surface area contributed by atoms with Crippen molar-refractivity contribution in [2.45, 2.75) is 6.92 Å². The molecule has 5 heteroatoms. The van der Waals surface area contributed by atoms with Crippen molar-refractivity contribution in [3.63, 3.8) is 0 Å². The van der Waals surface area contributed by atoms with Crippen molar-refractivity contribution in [2.75, 3.05) is 0 Å². The Kier molecular flexibility index (Phi) is 2.12. The topological polar surface area (TPSA) is 67.5 Å². The average molecular weight is 301 g/mol. The SMILES string of the molecule is Cc1c(O)cc2c3c1cccc3c(=O)n1c3cnccc3nc21. The van der Waals surface area contributed by atoms with Crippen molar-refractivity contribution in [3.05, 3.63) is 58.6 Å². The fraction of sp³-hybridized carbons (Fsp3) is 0.0556. The van der Waals surface area contributed by atoms with E-state index in [4.69, 9.17) is 0 Å². The van der Waals surface area contributed by atoms with Crippen molar-refractivity contribution in [1.82, 2.24) is 14.4 Å². The largest absolute Gasteiger partial charge is 0.508 e. The summed E-state index contributed by atoms with van der Waals surface area (Å²) in [5.41, 5.74) is 2.60. The second kappa shape index (κ2) is 3.95. The van der Waals surface area contributed by atoms with Crippen LogP contribution in [0.25, 0.3) is 38.2 Å². The van der Waals surface area contributed by atoms with Crippen LogP contribution in [0.4, 0.5) is 0 Å². The van der Waals surface area contributed by atoms with Gasteiger partial charge in [0.05, 0.1) is 17.2 Å². The molecule has 110 valence electrons. The first-order valence-corrected chi connectivity index (χ1v) is 7.29. The number of benzene rings is 2. The summed E-state index contributed by atoms with van der Waals surface area (Å²) in [6, 6.07) is 9.05. The molecule has 3 aromatic heterocycles. The van der Waals surface area contributed by atoms with Crippen LogP contribution >= 0.6 is 0 Å². The van der Waals surface area contributed by atoms with Gasteiger partial charge in [0.25, 0.3) is 5.56 Å². The Bertz CT molecular complexity index is 1300. The van der Waals surface area contributed by atoms with E-state index < -0.39 is 0 Å². The van der Waals surface area contributed by atoms with Gasteiger partial charge in [-0.2, -0.15) is 0 Å². The summed E-state index contributed by atoms with van der Waals surface area (Å²) in [6.07, 6.45) is 3.30. The van der Waals surface area contributed by atoms with Gasteiger partial charge in [-0.1, -0.05) is 12.1 Å². The average Bonchev–Trinajstić information content (AvgIpc) is 2.96. The van der Waals surface area contributed by atoms with Gasteiger partial charge in [-0.05, 0) is 36.1 Å². The Morgan fingerprint density at radius 3 is 2.83 bits per heavy atom. The number of phenolic OH excluding ortho intramolecular Hbond substituents is 1. The number of fused-ring (bicyclic) bond motifs is 4. The van der Waals surface area contributed by atoms with E-state index in [9.17, 15) is 9.90 Å². The minimum atomic E-state index is -0.112. The molecule has 0 saturated carbocycles. The number of imidazole rings is 1. The molecule has 5 aromatic rings. The van der Waals surface area contributed by atoms with Crippen LogP contribution in [-0.2, 0) is 0 Å². The molecule has 0 amide bonds. The number of aromatic hydroxyl groups is 1. The predicted molar refractivity (Wildman–Crippen MR) is 89.4 cm³/mol. The van der Waals surface area contributed by atoms with Crippen molar-refractivity contribution in [3.8, 4) is 5.75 Å². The van der Waals surface area contributed by atoms with E-state index in [1.165, 1.54) is 0 Å². The van der Waals surface area contributed by atoms with Gasteiger partial charge in [0, 0.05) is 22.4 Å². The highest BCUT2D eigenvalue weighted by Gasteiger charge is 2.18. The molecule has 1 N–H and O–H groups in total. The third kappa shape index (κ3) is 1.39. The van der Waals surface area contributed by atoms with Crippen LogP contribution in [0.15, 0.2) is 47.5 Å². The molecule has 0 spiro atoms. The highest BCUT2D eigenvalue weighted by molar-refractivity contribution is 6.17. The minimum Gasteiger partial charge on any atom is -0.508 e. The quantitative estimate of drug-likeness (QED) is 0.477. The van der Waals surface area contributed by atoms with Crippen molar-refractivity contribution >= 4 is 38.2 Å². The maximum absolute atomic E-state index is 13.0. The zero-order valence-corrected chi connectivity index (χ0v) is 12.2. The zero-order chi connectivity index (χ0) is 15.7. The van der Waals surface area contributed by atoms with Crippen LogP contribution in [0, 0.1) is 6.92 Å². The third-order valence-corrected chi connectivity index (χ3v) is 4.53. The molecule has 5 nitrogen and oxygen atoms in total. The van der Waals surface area contributed by atoms with Gasteiger partial charge in [0.1, 0.15) is 11.4 Å². The maximum Gasteiger partial charge on any atom is 0.264 e. The van der Waals surface area contributed by atoms with Gasteiger partial charge < -0.3 is 5.11 Å². The number of hydrogen-bond donors (Lipinski definition) is 1. The van der Waals surface area contributed by atoms with E-state index in [-0.39, 0.29) is 11.3 Å². The number of phenols is 1. The standard InChI is InChI=1S/C18H11N3O2/c1-9-10-3-2-4-11-16(10)12(7-15(9)22)17-20-13-5-6-19-8-14(13)21(17)18(11)23/h2-8,22H,1H3. The Morgan fingerprint density at radius 1 is 1.13 bits per heavy atom. The van der Waals surface area contributed by atoms with E-state index in [1.807, 2.05) is 25.1 Å². The Morgan fingerprint density at radius 2 is 1.96 bits per heavy atom. The molecule has 0 unspecified atom stereocenters. The first-order chi connectivity index (χ1) is 11.2. The van der Waals surface area contributed by atoms with E-state index >= 15 is 0 Å². The number of hydrogen-bond acceptors (Lipinski definition) is 4. The molecule has 23 heavy (non-hydrogen) atoms. The van der Waals surface area contributed by atoms with Crippen molar-refractivity contribution in [1.29, 1.82) is 0 Å². The van der Waals surface area contributed by atoms with Crippen LogP contribution < -0.4 is 5.56 Å². The smallest absolute Gasteiger partial charge is 0.264 e. The summed E-state index contributed by atoms with van der Waals surface area (Å²) in [5, 5.41) is 13.4. The fourth-order valence-electron chi connectivity index (χ4n) is 3.40. The number of aromatic nitrogens is 3. The van der Waals surface area contributed by atoms with Gasteiger partial charge in [0.2, 0.25) is 0 Å². The number of aryl methyl sites for hydroxylation is 1. The minimum absolute atomic E-state index is 0.112.